The van der Waals surface area contributed by atoms with E-state index in [1.54, 1.807) is 0 Å². The summed E-state index contributed by atoms with van der Waals surface area (Å²) in [6.07, 6.45) is 0. The molecule has 0 unspecified atom stereocenters. The Kier molecular flexibility index (Phi) is 8.19. The first-order valence-corrected chi connectivity index (χ1v) is 19.8. The van der Waals surface area contributed by atoms with Gasteiger partial charge in [-0.1, -0.05) is 194 Å². The van der Waals surface area contributed by atoms with Gasteiger partial charge in [-0.15, -0.1) is 0 Å². The summed E-state index contributed by atoms with van der Waals surface area (Å²) in [5, 5.41) is 7.12. The molecule has 0 fully saturated rings. The van der Waals surface area contributed by atoms with E-state index in [0.717, 1.165) is 61.3 Å². The predicted molar refractivity (Wildman–Crippen MR) is 245 cm³/mol. The number of hydrogen-bond acceptors (Lipinski definition) is 2. The number of anilines is 3. The topological polar surface area (TPSA) is 16.4 Å². The van der Waals surface area contributed by atoms with Crippen molar-refractivity contribution in [3.63, 3.8) is 0 Å². The lowest BCUT2D eigenvalue weighted by molar-refractivity contribution is 0.674. The van der Waals surface area contributed by atoms with Gasteiger partial charge in [0, 0.05) is 38.5 Å². The van der Waals surface area contributed by atoms with Crippen LogP contribution in [-0.2, 0) is 0 Å². The minimum Gasteiger partial charge on any atom is -0.455 e. The second-order valence-electron chi connectivity index (χ2n) is 14.8. The molecule has 0 bridgehead atoms. The van der Waals surface area contributed by atoms with Crippen molar-refractivity contribution in [2.45, 2.75) is 0 Å². The van der Waals surface area contributed by atoms with Gasteiger partial charge in [0.1, 0.15) is 11.2 Å². The molecule has 0 N–H and O–H groups in total. The first-order chi connectivity index (χ1) is 28.8. The predicted octanol–water partition coefficient (Wildman–Crippen LogP) is 16.0. The molecular formula is C56H37NO. The molecule has 1 heterocycles. The molecule has 0 saturated heterocycles. The Morgan fingerprint density at radius 3 is 1.40 bits per heavy atom. The minimum atomic E-state index is 0.913. The fraction of sp³-hybridized carbons (Fsp3) is 0. The standard InChI is InChI=1S/C56H37NO/c1-3-17-39(18-4-1)44-23-11-13-31-52(44)57(53-32-14-12-24-45(53)40-19-5-2-6-20-40)43-35-33-38(34-36-43)41-21-15-22-42(37-41)46-29-16-30-51-54-49-27-9-7-25-47(49)48-26-8-10-28-50(48)56(54)58-55(46)51/h1-37H. The van der Waals surface area contributed by atoms with Gasteiger partial charge >= 0.3 is 0 Å². The molecule has 2 heteroatoms. The number of nitrogens with zero attached hydrogens (tertiary/aromatic N) is 1. The van der Waals surface area contributed by atoms with E-state index >= 15 is 0 Å². The summed E-state index contributed by atoms with van der Waals surface area (Å²) in [7, 11) is 0. The number of hydrogen-bond donors (Lipinski definition) is 0. The van der Waals surface area contributed by atoms with E-state index < -0.39 is 0 Å². The molecule has 0 amide bonds. The molecule has 0 atom stereocenters. The molecular weight excluding hydrogens is 703 g/mol. The maximum atomic E-state index is 6.91. The van der Waals surface area contributed by atoms with Crippen molar-refractivity contribution in [3.8, 4) is 44.5 Å². The van der Waals surface area contributed by atoms with Crippen LogP contribution in [-0.4, -0.2) is 0 Å². The summed E-state index contributed by atoms with van der Waals surface area (Å²) < 4.78 is 6.91. The van der Waals surface area contributed by atoms with Crippen LogP contribution in [0.2, 0.25) is 0 Å². The van der Waals surface area contributed by atoms with Gasteiger partial charge in [-0.05, 0) is 74.3 Å². The molecule has 0 aliphatic carbocycles. The van der Waals surface area contributed by atoms with Crippen molar-refractivity contribution >= 4 is 60.5 Å². The number of para-hydroxylation sites is 3. The molecule has 0 saturated carbocycles. The molecule has 11 aromatic rings. The average Bonchev–Trinajstić information content (AvgIpc) is 3.71. The van der Waals surface area contributed by atoms with Crippen molar-refractivity contribution in [1.82, 2.24) is 0 Å². The normalized spacial score (nSPS) is 11.4. The first-order valence-electron chi connectivity index (χ1n) is 19.8. The molecule has 0 spiro atoms. The van der Waals surface area contributed by atoms with Crippen molar-refractivity contribution in [1.29, 1.82) is 0 Å². The van der Waals surface area contributed by atoms with Crippen LogP contribution in [0.15, 0.2) is 229 Å². The summed E-state index contributed by atoms with van der Waals surface area (Å²) in [4.78, 5) is 2.40. The highest BCUT2D eigenvalue weighted by atomic mass is 16.3. The summed E-state index contributed by atoms with van der Waals surface area (Å²) in [5.74, 6) is 0. The van der Waals surface area contributed by atoms with Gasteiger partial charge in [-0.2, -0.15) is 0 Å². The van der Waals surface area contributed by atoms with Gasteiger partial charge in [0.05, 0.1) is 11.4 Å². The molecule has 272 valence electrons. The second kappa shape index (κ2) is 14.1. The fourth-order valence-electron chi connectivity index (χ4n) is 8.79. The number of furan rings is 1. The Labute approximate surface area is 337 Å². The summed E-state index contributed by atoms with van der Waals surface area (Å²) in [6, 6.07) is 80.4. The molecule has 10 aromatic carbocycles. The van der Waals surface area contributed by atoms with Crippen LogP contribution in [0.5, 0.6) is 0 Å². The van der Waals surface area contributed by atoms with E-state index in [-0.39, 0.29) is 0 Å². The number of benzene rings is 10. The summed E-state index contributed by atoms with van der Waals surface area (Å²) in [6.45, 7) is 0. The Morgan fingerprint density at radius 2 is 0.741 bits per heavy atom. The molecule has 0 aliphatic rings. The van der Waals surface area contributed by atoms with Gasteiger partial charge in [0.25, 0.3) is 0 Å². The van der Waals surface area contributed by atoms with Gasteiger partial charge in [-0.25, -0.2) is 0 Å². The lowest BCUT2D eigenvalue weighted by Crippen LogP contribution is -2.12. The molecule has 58 heavy (non-hydrogen) atoms. The third-order valence-electron chi connectivity index (χ3n) is 11.5. The van der Waals surface area contributed by atoms with E-state index in [9.17, 15) is 0 Å². The van der Waals surface area contributed by atoms with E-state index in [4.69, 9.17) is 4.42 Å². The van der Waals surface area contributed by atoms with Gasteiger partial charge in [0.2, 0.25) is 0 Å². The lowest BCUT2D eigenvalue weighted by atomic mass is 9.95. The molecule has 11 rings (SSSR count). The first kappa shape index (κ1) is 33.6. The van der Waals surface area contributed by atoms with Crippen LogP contribution in [0.3, 0.4) is 0 Å². The van der Waals surface area contributed by atoms with Crippen molar-refractivity contribution < 1.29 is 4.42 Å². The van der Waals surface area contributed by atoms with Crippen molar-refractivity contribution in [2.75, 3.05) is 4.90 Å². The zero-order valence-corrected chi connectivity index (χ0v) is 31.7. The third kappa shape index (κ3) is 5.66. The van der Waals surface area contributed by atoms with Crippen LogP contribution < -0.4 is 4.90 Å². The maximum Gasteiger partial charge on any atom is 0.143 e. The van der Waals surface area contributed by atoms with Gasteiger partial charge in [0.15, 0.2) is 0 Å². The van der Waals surface area contributed by atoms with Crippen LogP contribution in [0.4, 0.5) is 17.1 Å². The summed E-state index contributed by atoms with van der Waals surface area (Å²) in [5.41, 5.74) is 14.4. The highest BCUT2D eigenvalue weighted by Gasteiger charge is 2.21. The van der Waals surface area contributed by atoms with Gasteiger partial charge < -0.3 is 9.32 Å². The Balaban J connectivity index is 1.03. The second-order valence-corrected chi connectivity index (χ2v) is 14.8. The lowest BCUT2D eigenvalue weighted by Gasteiger charge is -2.30. The van der Waals surface area contributed by atoms with E-state index in [0.29, 0.717) is 0 Å². The SMILES string of the molecule is c1ccc(-c2ccccc2N(c2ccc(-c3cccc(-c4cccc5c4oc4c6ccccc6c6ccccc6c54)c3)cc2)c2ccccc2-c2ccccc2)cc1. The molecule has 1 aromatic heterocycles. The fourth-order valence-corrected chi connectivity index (χ4v) is 8.79. The van der Waals surface area contributed by atoms with Crippen LogP contribution >= 0.6 is 0 Å². The van der Waals surface area contributed by atoms with Crippen molar-refractivity contribution in [2.24, 2.45) is 0 Å². The zero-order chi connectivity index (χ0) is 38.4. The largest absolute Gasteiger partial charge is 0.455 e. The Bertz CT molecular complexity index is 3190. The van der Waals surface area contributed by atoms with E-state index in [1.807, 2.05) is 0 Å². The number of rotatable bonds is 7. The minimum absolute atomic E-state index is 0.913. The highest BCUT2D eigenvalue weighted by Crippen LogP contribution is 2.46. The zero-order valence-electron chi connectivity index (χ0n) is 31.7. The quantitative estimate of drug-likeness (QED) is 0.151. The van der Waals surface area contributed by atoms with E-state index in [2.05, 4.69) is 229 Å². The van der Waals surface area contributed by atoms with E-state index in [1.165, 1.54) is 43.8 Å². The summed E-state index contributed by atoms with van der Waals surface area (Å²) >= 11 is 0. The third-order valence-corrected chi connectivity index (χ3v) is 11.5. The van der Waals surface area contributed by atoms with Gasteiger partial charge in [-0.3, -0.25) is 0 Å². The maximum absolute atomic E-state index is 6.91. The monoisotopic (exact) mass is 739 g/mol. The van der Waals surface area contributed by atoms with Crippen LogP contribution in [0, 0.1) is 0 Å². The number of fused-ring (bicyclic) bond motifs is 8. The molecule has 0 radical (unpaired) electrons. The van der Waals surface area contributed by atoms with Crippen LogP contribution in [0.25, 0.3) is 88.0 Å². The Hall–Kier alpha value is -7.68. The molecule has 2 nitrogen and oxygen atoms in total. The molecule has 0 aliphatic heterocycles. The smallest absolute Gasteiger partial charge is 0.143 e. The average molecular weight is 740 g/mol. The highest BCUT2D eigenvalue weighted by molar-refractivity contribution is 6.31. The van der Waals surface area contributed by atoms with Crippen molar-refractivity contribution in [3.05, 3.63) is 224 Å². The van der Waals surface area contributed by atoms with Crippen LogP contribution in [0.1, 0.15) is 0 Å². The Morgan fingerprint density at radius 1 is 0.276 bits per heavy atom.